The summed E-state index contributed by atoms with van der Waals surface area (Å²) in [6.07, 6.45) is 0.434. The lowest BCUT2D eigenvalue weighted by molar-refractivity contribution is 0.0938. The smallest absolute Gasteiger partial charge is 0.252 e. The van der Waals surface area contributed by atoms with E-state index < -0.39 is 23.6 Å². The molecular weight excluding hydrogens is 336 g/mol. The fourth-order valence-electron chi connectivity index (χ4n) is 3.79. The van der Waals surface area contributed by atoms with Gasteiger partial charge in [0.25, 0.3) is 5.91 Å². The lowest BCUT2D eigenvalue weighted by Gasteiger charge is -2.18. The molecule has 120 valence electrons. The van der Waals surface area contributed by atoms with E-state index in [1.54, 1.807) is 18.2 Å². The van der Waals surface area contributed by atoms with E-state index in [4.69, 9.17) is 11.6 Å². The molecular formula is C17H10ClF2N3O. The predicted octanol–water partition coefficient (Wildman–Crippen LogP) is 3.75. The summed E-state index contributed by atoms with van der Waals surface area (Å²) in [5.74, 6) is -1.71. The third kappa shape index (κ3) is 1.66. The molecule has 3 aromatic rings. The first-order valence-electron chi connectivity index (χ1n) is 7.50. The Balaban J connectivity index is 1.87. The molecule has 0 unspecified atom stereocenters. The maximum Gasteiger partial charge on any atom is 0.252 e. The maximum absolute atomic E-state index is 14.6. The number of benzene rings is 2. The summed E-state index contributed by atoms with van der Waals surface area (Å²) in [6, 6.07) is 6.72. The van der Waals surface area contributed by atoms with Gasteiger partial charge in [0.05, 0.1) is 23.1 Å². The van der Waals surface area contributed by atoms with Gasteiger partial charge in [-0.05, 0) is 36.8 Å². The Kier molecular flexibility index (Phi) is 2.63. The van der Waals surface area contributed by atoms with Crippen LogP contribution in [0.1, 0.15) is 40.3 Å². The molecule has 2 atom stereocenters. The number of fused-ring (bicyclic) bond motifs is 9. The molecule has 0 saturated heterocycles. The fraction of sp³-hybridized carbons (Fsp3) is 0.176. The Labute approximate surface area is 140 Å². The molecule has 7 heteroatoms. The fourth-order valence-corrected chi connectivity index (χ4v) is 3.96. The van der Waals surface area contributed by atoms with Gasteiger partial charge in [0.2, 0.25) is 0 Å². The minimum atomic E-state index is -0.981. The quantitative estimate of drug-likeness (QED) is 0.674. The number of imidazole rings is 1. The molecule has 2 aliphatic rings. The topological polar surface area (TPSA) is 46.9 Å². The molecule has 2 aromatic carbocycles. The highest BCUT2D eigenvalue weighted by atomic mass is 35.5. The van der Waals surface area contributed by atoms with Crippen molar-refractivity contribution in [1.29, 1.82) is 0 Å². The van der Waals surface area contributed by atoms with Crippen LogP contribution in [0.3, 0.4) is 0 Å². The Morgan fingerprint density at radius 3 is 2.92 bits per heavy atom. The number of carbonyl (C=O) groups is 1. The van der Waals surface area contributed by atoms with Crippen molar-refractivity contribution in [1.82, 2.24) is 14.9 Å². The van der Waals surface area contributed by atoms with Crippen molar-refractivity contribution in [3.63, 3.8) is 0 Å². The molecule has 0 saturated carbocycles. The first kappa shape index (κ1) is 13.9. The molecule has 1 aromatic heterocycles. The SMILES string of the molecule is O=C1N[C@@H]2C[C@H](c3c1ccc(F)c3F)n1c2nc2ccc(Cl)cc21. The number of halogens is 3. The van der Waals surface area contributed by atoms with Gasteiger partial charge in [0.1, 0.15) is 5.82 Å². The molecule has 0 spiro atoms. The van der Waals surface area contributed by atoms with E-state index in [1.165, 1.54) is 6.07 Å². The molecule has 0 fully saturated rings. The third-order valence-corrected chi connectivity index (χ3v) is 5.01. The second-order valence-corrected chi connectivity index (χ2v) is 6.51. The number of amides is 1. The summed E-state index contributed by atoms with van der Waals surface area (Å²) in [6.45, 7) is 0. The van der Waals surface area contributed by atoms with Crippen LogP contribution in [0.5, 0.6) is 0 Å². The monoisotopic (exact) mass is 345 g/mol. The van der Waals surface area contributed by atoms with Crippen molar-refractivity contribution < 1.29 is 13.6 Å². The lowest BCUT2D eigenvalue weighted by atomic mass is 9.98. The number of nitrogens with one attached hydrogen (secondary N) is 1. The maximum atomic E-state index is 14.6. The number of nitrogens with zero attached hydrogens (tertiary/aromatic N) is 2. The number of rotatable bonds is 0. The largest absolute Gasteiger partial charge is 0.342 e. The summed E-state index contributed by atoms with van der Waals surface area (Å²) in [7, 11) is 0. The van der Waals surface area contributed by atoms with Gasteiger partial charge < -0.3 is 9.88 Å². The highest BCUT2D eigenvalue weighted by Gasteiger charge is 2.42. The van der Waals surface area contributed by atoms with Crippen molar-refractivity contribution in [2.24, 2.45) is 0 Å². The van der Waals surface area contributed by atoms with Crippen molar-refractivity contribution in [3.05, 3.63) is 63.9 Å². The molecule has 2 aliphatic heterocycles. The van der Waals surface area contributed by atoms with Crippen LogP contribution < -0.4 is 5.32 Å². The first-order chi connectivity index (χ1) is 11.5. The summed E-state index contributed by atoms with van der Waals surface area (Å²) in [5, 5.41) is 3.40. The molecule has 2 bridgehead atoms. The van der Waals surface area contributed by atoms with Crippen LogP contribution in [0, 0.1) is 11.6 Å². The molecule has 3 heterocycles. The standard InChI is InChI=1S/C17H10ClF2N3O/c18-7-1-4-10-12(5-7)23-13-6-11(16(23)21-10)22-17(24)8-2-3-9(19)15(20)14(8)13/h1-5,11,13H,6H2,(H,22,24)/t11-,13-/m1/s1. The molecule has 4 nitrogen and oxygen atoms in total. The van der Waals surface area contributed by atoms with E-state index in [-0.39, 0.29) is 17.2 Å². The first-order valence-corrected chi connectivity index (χ1v) is 7.88. The highest BCUT2D eigenvalue weighted by molar-refractivity contribution is 6.31. The molecule has 5 rings (SSSR count). The van der Waals surface area contributed by atoms with Crippen LogP contribution in [0.4, 0.5) is 8.78 Å². The van der Waals surface area contributed by atoms with Crippen LogP contribution in [0.2, 0.25) is 5.02 Å². The van der Waals surface area contributed by atoms with Gasteiger partial charge in [0, 0.05) is 16.1 Å². The van der Waals surface area contributed by atoms with Gasteiger partial charge in [0.15, 0.2) is 11.6 Å². The minimum Gasteiger partial charge on any atom is -0.342 e. The summed E-state index contributed by atoms with van der Waals surface area (Å²) < 4.78 is 30.2. The molecule has 1 amide bonds. The van der Waals surface area contributed by atoms with Crippen molar-refractivity contribution in [3.8, 4) is 0 Å². The Bertz CT molecular complexity index is 1050. The number of carbonyl (C=O) groups excluding carboxylic acids is 1. The third-order valence-electron chi connectivity index (χ3n) is 4.78. The van der Waals surface area contributed by atoms with E-state index in [2.05, 4.69) is 10.3 Å². The van der Waals surface area contributed by atoms with E-state index >= 15 is 0 Å². The van der Waals surface area contributed by atoms with Gasteiger partial charge in [-0.15, -0.1) is 0 Å². The normalized spacial score (nSPS) is 21.4. The summed E-state index contributed by atoms with van der Waals surface area (Å²) in [5.41, 5.74) is 1.69. The van der Waals surface area contributed by atoms with Gasteiger partial charge in [-0.1, -0.05) is 11.6 Å². The van der Waals surface area contributed by atoms with Crippen molar-refractivity contribution >= 4 is 28.5 Å². The van der Waals surface area contributed by atoms with Crippen LogP contribution in [-0.4, -0.2) is 15.5 Å². The number of hydrogen-bond acceptors (Lipinski definition) is 2. The Hall–Kier alpha value is -2.47. The van der Waals surface area contributed by atoms with Crippen LogP contribution in [-0.2, 0) is 0 Å². The minimum absolute atomic E-state index is 0.0769. The highest BCUT2D eigenvalue weighted by Crippen LogP contribution is 2.45. The lowest BCUT2D eigenvalue weighted by Crippen LogP contribution is -2.28. The number of aromatic nitrogens is 2. The van der Waals surface area contributed by atoms with E-state index in [1.807, 2.05) is 4.57 Å². The zero-order valence-electron chi connectivity index (χ0n) is 12.2. The van der Waals surface area contributed by atoms with Gasteiger partial charge >= 0.3 is 0 Å². The van der Waals surface area contributed by atoms with Gasteiger partial charge in [-0.3, -0.25) is 4.79 Å². The molecule has 24 heavy (non-hydrogen) atoms. The van der Waals surface area contributed by atoms with Crippen LogP contribution in [0.25, 0.3) is 11.0 Å². The van der Waals surface area contributed by atoms with Crippen molar-refractivity contribution in [2.45, 2.75) is 18.5 Å². The second-order valence-electron chi connectivity index (χ2n) is 6.07. The van der Waals surface area contributed by atoms with Gasteiger partial charge in [-0.25, -0.2) is 13.8 Å². The molecule has 0 radical (unpaired) electrons. The zero-order valence-corrected chi connectivity index (χ0v) is 12.9. The second kappa shape index (κ2) is 4.54. The molecule has 1 N–H and O–H groups in total. The van der Waals surface area contributed by atoms with Crippen LogP contribution in [0.15, 0.2) is 30.3 Å². The van der Waals surface area contributed by atoms with Crippen molar-refractivity contribution in [2.75, 3.05) is 0 Å². The van der Waals surface area contributed by atoms with Gasteiger partial charge in [-0.2, -0.15) is 0 Å². The predicted molar refractivity (Wildman–Crippen MR) is 84.1 cm³/mol. The average molecular weight is 346 g/mol. The van der Waals surface area contributed by atoms with Crippen LogP contribution >= 0.6 is 11.6 Å². The van der Waals surface area contributed by atoms with E-state index in [0.717, 1.165) is 11.6 Å². The molecule has 0 aliphatic carbocycles. The Morgan fingerprint density at radius 1 is 1.25 bits per heavy atom. The number of hydrogen-bond donors (Lipinski definition) is 1. The average Bonchev–Trinajstić information content (AvgIpc) is 3.02. The Morgan fingerprint density at radius 2 is 2.08 bits per heavy atom. The zero-order chi connectivity index (χ0) is 16.6. The summed E-state index contributed by atoms with van der Waals surface area (Å²) >= 11 is 6.09. The summed E-state index contributed by atoms with van der Waals surface area (Å²) in [4.78, 5) is 16.9. The van der Waals surface area contributed by atoms with E-state index in [9.17, 15) is 13.6 Å². The van der Waals surface area contributed by atoms with E-state index in [0.29, 0.717) is 22.8 Å².